The van der Waals surface area contributed by atoms with E-state index in [4.69, 9.17) is 27.9 Å². The van der Waals surface area contributed by atoms with Gasteiger partial charge < -0.3 is 19.9 Å². The third kappa shape index (κ3) is 7.75. The number of amides is 3. The Morgan fingerprint density at radius 2 is 1.76 bits per heavy atom. The molecule has 33 heavy (non-hydrogen) atoms. The highest BCUT2D eigenvalue weighted by atomic mass is 35.5. The van der Waals surface area contributed by atoms with E-state index in [0.29, 0.717) is 35.4 Å². The molecule has 0 saturated heterocycles. The first-order valence-electron chi connectivity index (χ1n) is 10.3. The van der Waals surface area contributed by atoms with Gasteiger partial charge >= 0.3 is 6.03 Å². The standard InChI is InChI=1S/C24H25Cl2N3O3S/c1-32-12-11-28(24(31)27-19-9-10-21(25)22(26)14-19)17-23(30)29(16-20-8-5-13-33-20)15-18-6-3-2-4-7-18/h2-10,13-14H,11-12,15-17H2,1H3,(H,27,31). The summed E-state index contributed by atoms with van der Waals surface area (Å²) in [6, 6.07) is 18.1. The Bertz CT molecular complexity index is 1050. The topological polar surface area (TPSA) is 61.9 Å². The van der Waals surface area contributed by atoms with Gasteiger partial charge in [0.05, 0.1) is 23.2 Å². The lowest BCUT2D eigenvalue weighted by Crippen LogP contribution is -2.45. The van der Waals surface area contributed by atoms with Gasteiger partial charge in [-0.2, -0.15) is 0 Å². The minimum absolute atomic E-state index is 0.0886. The number of nitrogens with one attached hydrogen (secondary N) is 1. The van der Waals surface area contributed by atoms with Gasteiger partial charge in [-0.1, -0.05) is 59.6 Å². The van der Waals surface area contributed by atoms with Gasteiger partial charge in [0, 0.05) is 30.8 Å². The Labute approximate surface area is 207 Å². The fourth-order valence-electron chi connectivity index (χ4n) is 3.12. The second-order valence-electron chi connectivity index (χ2n) is 7.29. The molecule has 1 N–H and O–H groups in total. The first-order chi connectivity index (χ1) is 16.0. The van der Waals surface area contributed by atoms with Crippen molar-refractivity contribution in [1.82, 2.24) is 9.80 Å². The first-order valence-corrected chi connectivity index (χ1v) is 11.9. The molecule has 0 aliphatic heterocycles. The van der Waals surface area contributed by atoms with Crippen LogP contribution in [0, 0.1) is 0 Å². The molecule has 9 heteroatoms. The van der Waals surface area contributed by atoms with Crippen molar-refractivity contribution in [2.24, 2.45) is 0 Å². The van der Waals surface area contributed by atoms with Crippen LogP contribution in [0.25, 0.3) is 0 Å². The number of thiophene rings is 1. The van der Waals surface area contributed by atoms with E-state index >= 15 is 0 Å². The van der Waals surface area contributed by atoms with E-state index in [1.165, 1.54) is 4.90 Å². The van der Waals surface area contributed by atoms with Crippen molar-refractivity contribution in [2.75, 3.05) is 32.1 Å². The second kappa shape index (κ2) is 12.6. The number of hydrogen-bond donors (Lipinski definition) is 1. The van der Waals surface area contributed by atoms with Crippen molar-refractivity contribution in [3.05, 3.63) is 86.5 Å². The van der Waals surface area contributed by atoms with Crippen LogP contribution in [-0.4, -0.2) is 48.5 Å². The fraction of sp³-hybridized carbons (Fsp3) is 0.250. The molecule has 3 rings (SSSR count). The highest BCUT2D eigenvalue weighted by Gasteiger charge is 2.22. The summed E-state index contributed by atoms with van der Waals surface area (Å²) in [6.45, 7) is 1.38. The molecule has 0 aliphatic rings. The van der Waals surface area contributed by atoms with Gasteiger partial charge in [0.2, 0.25) is 5.91 Å². The summed E-state index contributed by atoms with van der Waals surface area (Å²) in [7, 11) is 1.55. The Balaban J connectivity index is 1.74. The van der Waals surface area contributed by atoms with E-state index in [0.717, 1.165) is 10.4 Å². The van der Waals surface area contributed by atoms with E-state index in [9.17, 15) is 9.59 Å². The predicted octanol–water partition coefficient (Wildman–Crippen LogP) is 5.76. The van der Waals surface area contributed by atoms with Gasteiger partial charge in [-0.15, -0.1) is 11.3 Å². The molecule has 0 spiro atoms. The Hall–Kier alpha value is -2.58. The second-order valence-corrected chi connectivity index (χ2v) is 9.13. The van der Waals surface area contributed by atoms with Crippen LogP contribution in [0.2, 0.25) is 10.0 Å². The normalized spacial score (nSPS) is 10.6. The number of hydrogen-bond acceptors (Lipinski definition) is 4. The average molecular weight is 506 g/mol. The maximum atomic E-state index is 13.3. The number of ether oxygens (including phenoxy) is 1. The summed E-state index contributed by atoms with van der Waals surface area (Å²) < 4.78 is 5.15. The Morgan fingerprint density at radius 1 is 0.970 bits per heavy atom. The summed E-state index contributed by atoms with van der Waals surface area (Å²) in [4.78, 5) is 30.6. The molecule has 2 aromatic carbocycles. The lowest BCUT2D eigenvalue weighted by Gasteiger charge is -2.27. The molecule has 0 fully saturated rings. The summed E-state index contributed by atoms with van der Waals surface area (Å²) in [5, 5.41) is 5.49. The highest BCUT2D eigenvalue weighted by molar-refractivity contribution is 7.09. The molecular weight excluding hydrogens is 481 g/mol. The molecular formula is C24H25Cl2N3O3S. The van der Waals surface area contributed by atoms with Crippen LogP contribution in [0.15, 0.2) is 66.0 Å². The zero-order valence-corrected chi connectivity index (χ0v) is 20.5. The van der Waals surface area contributed by atoms with Gasteiger partial charge in [-0.3, -0.25) is 4.79 Å². The van der Waals surface area contributed by atoms with Crippen molar-refractivity contribution in [2.45, 2.75) is 13.1 Å². The van der Waals surface area contributed by atoms with E-state index in [2.05, 4.69) is 5.32 Å². The monoisotopic (exact) mass is 505 g/mol. The van der Waals surface area contributed by atoms with Crippen LogP contribution in [0.1, 0.15) is 10.4 Å². The Kier molecular flexibility index (Phi) is 9.57. The van der Waals surface area contributed by atoms with Crippen LogP contribution in [0.5, 0.6) is 0 Å². The third-order valence-electron chi connectivity index (χ3n) is 4.85. The summed E-state index contributed by atoms with van der Waals surface area (Å²) in [6.07, 6.45) is 0. The van der Waals surface area contributed by atoms with Crippen molar-refractivity contribution < 1.29 is 14.3 Å². The van der Waals surface area contributed by atoms with Gasteiger partial charge in [0.15, 0.2) is 0 Å². The molecule has 1 aromatic heterocycles. The van der Waals surface area contributed by atoms with Crippen LogP contribution in [-0.2, 0) is 22.6 Å². The highest BCUT2D eigenvalue weighted by Crippen LogP contribution is 2.25. The molecule has 0 atom stereocenters. The van der Waals surface area contributed by atoms with Crippen LogP contribution in [0.3, 0.4) is 0 Å². The number of halogens is 2. The van der Waals surface area contributed by atoms with Crippen molar-refractivity contribution in [3.63, 3.8) is 0 Å². The van der Waals surface area contributed by atoms with Crippen LogP contribution >= 0.6 is 34.5 Å². The van der Waals surface area contributed by atoms with Gasteiger partial charge in [0.1, 0.15) is 6.54 Å². The van der Waals surface area contributed by atoms with Crippen molar-refractivity contribution in [3.8, 4) is 0 Å². The van der Waals surface area contributed by atoms with Crippen LogP contribution in [0.4, 0.5) is 10.5 Å². The van der Waals surface area contributed by atoms with Crippen LogP contribution < -0.4 is 5.32 Å². The first kappa shape index (κ1) is 25.1. The number of carbonyl (C=O) groups excluding carboxylic acids is 2. The van der Waals surface area contributed by atoms with E-state index in [-0.39, 0.29) is 19.0 Å². The lowest BCUT2D eigenvalue weighted by atomic mass is 10.2. The molecule has 0 bridgehead atoms. The Morgan fingerprint density at radius 3 is 2.42 bits per heavy atom. The fourth-order valence-corrected chi connectivity index (χ4v) is 4.14. The maximum absolute atomic E-state index is 13.3. The van der Waals surface area contributed by atoms with Gasteiger partial charge in [-0.25, -0.2) is 4.79 Å². The van der Waals surface area contributed by atoms with E-state index in [1.807, 2.05) is 47.8 Å². The van der Waals surface area contributed by atoms with E-state index in [1.54, 1.807) is 41.5 Å². The summed E-state index contributed by atoms with van der Waals surface area (Å²) in [5.41, 5.74) is 1.51. The molecule has 174 valence electrons. The molecule has 0 unspecified atom stereocenters. The number of urea groups is 1. The van der Waals surface area contributed by atoms with E-state index < -0.39 is 6.03 Å². The number of nitrogens with zero attached hydrogens (tertiary/aromatic N) is 2. The largest absolute Gasteiger partial charge is 0.383 e. The smallest absolute Gasteiger partial charge is 0.322 e. The predicted molar refractivity (Wildman–Crippen MR) is 134 cm³/mol. The maximum Gasteiger partial charge on any atom is 0.322 e. The molecule has 3 amide bonds. The zero-order chi connectivity index (χ0) is 23.6. The molecule has 0 saturated carbocycles. The third-order valence-corrected chi connectivity index (χ3v) is 6.45. The number of benzene rings is 2. The molecule has 1 heterocycles. The number of rotatable bonds is 10. The van der Waals surface area contributed by atoms with Crippen molar-refractivity contribution >= 4 is 52.2 Å². The van der Waals surface area contributed by atoms with Gasteiger partial charge in [-0.05, 0) is 35.2 Å². The lowest BCUT2D eigenvalue weighted by molar-refractivity contribution is -0.133. The minimum Gasteiger partial charge on any atom is -0.383 e. The summed E-state index contributed by atoms with van der Waals surface area (Å²) >= 11 is 13.6. The molecule has 0 radical (unpaired) electrons. The molecule has 0 aliphatic carbocycles. The van der Waals surface area contributed by atoms with Crippen molar-refractivity contribution in [1.29, 1.82) is 0 Å². The SMILES string of the molecule is COCCN(CC(=O)N(Cc1ccccc1)Cc1cccs1)C(=O)Nc1ccc(Cl)c(Cl)c1. The number of carbonyl (C=O) groups is 2. The number of methoxy groups -OCH3 is 1. The van der Waals surface area contributed by atoms with Gasteiger partial charge in [0.25, 0.3) is 0 Å². The minimum atomic E-state index is -0.422. The number of anilines is 1. The zero-order valence-electron chi connectivity index (χ0n) is 18.2. The summed E-state index contributed by atoms with van der Waals surface area (Å²) in [5.74, 6) is -0.160. The average Bonchev–Trinajstić information content (AvgIpc) is 3.32. The molecule has 3 aromatic rings. The molecule has 6 nitrogen and oxygen atoms in total. The quantitative estimate of drug-likeness (QED) is 0.380.